The van der Waals surface area contributed by atoms with Crippen molar-refractivity contribution in [3.8, 4) is 0 Å². The molecular weight excluding hydrogens is 1340 g/mol. The summed E-state index contributed by atoms with van der Waals surface area (Å²) in [4.78, 5) is 189. The van der Waals surface area contributed by atoms with E-state index in [9.17, 15) is 48.6 Å². The maximum absolute atomic E-state index is 15.6. The Morgan fingerprint density at radius 3 is 1.50 bits per heavy atom. The summed E-state index contributed by atoms with van der Waals surface area (Å²) < 4.78 is 0. The van der Waals surface area contributed by atoms with Crippen LogP contribution in [0, 0.1) is 41.4 Å². The van der Waals surface area contributed by atoms with Gasteiger partial charge in [-0.2, -0.15) is 0 Å². The summed E-state index contributed by atoms with van der Waals surface area (Å²) in [5.74, 6) is -10.5. The average Bonchev–Trinajstić information content (AvgIpc) is 1.19. The number of allylic oxidation sites excluding steroid dienone is 1. The number of hydrogen-bond acceptors (Lipinski definition) is 15. The largest absolute Gasteiger partial charge is 0.395 e. The lowest BCUT2D eigenvalue weighted by atomic mass is 9.91. The highest BCUT2D eigenvalue weighted by Crippen LogP contribution is 2.29. The molecule has 2 fully saturated rings. The van der Waals surface area contributed by atoms with Crippen molar-refractivity contribution in [2.75, 3.05) is 95.2 Å². The molecule has 0 aliphatic carbocycles. The van der Waals surface area contributed by atoms with Gasteiger partial charge in [-0.15, -0.1) is 0 Å². The zero-order valence-electron chi connectivity index (χ0n) is 67.0. The monoisotopic (exact) mass is 1470 g/mol. The Bertz CT molecular complexity index is 3370. The highest BCUT2D eigenvalue weighted by molar-refractivity contribution is 6.09. The van der Waals surface area contributed by atoms with Gasteiger partial charge in [-0.25, -0.2) is 0 Å². The van der Waals surface area contributed by atoms with Crippen LogP contribution in [0.3, 0.4) is 0 Å². The predicted octanol–water partition coefficient (Wildman–Crippen LogP) is 4.31. The fraction of sp³-hybridized carbons (Fsp3) is 0.692. The van der Waals surface area contributed by atoms with Crippen LogP contribution in [0.15, 0.2) is 42.5 Å². The second-order valence-electron chi connectivity index (χ2n) is 31.5. The average molecular weight is 1470 g/mol. The summed E-state index contributed by atoms with van der Waals surface area (Å²) in [7, 11) is 9.87. The van der Waals surface area contributed by atoms with E-state index in [1.54, 1.807) is 47.6 Å². The van der Waals surface area contributed by atoms with Crippen molar-refractivity contribution in [1.29, 1.82) is 0 Å². The number of aliphatic hydroxyl groups excluding tert-OH is 2. The Balaban J connectivity index is 1.90. The molecular formula is C78H127N13O14. The smallest absolute Gasteiger partial charge is 0.254 e. The van der Waals surface area contributed by atoms with Crippen molar-refractivity contribution in [2.45, 2.75) is 216 Å². The van der Waals surface area contributed by atoms with Crippen molar-refractivity contribution < 1.29 is 67.7 Å². The first kappa shape index (κ1) is 89.4. The van der Waals surface area contributed by atoms with E-state index in [4.69, 9.17) is 0 Å². The fourth-order valence-electron chi connectivity index (χ4n) is 13.9. The van der Waals surface area contributed by atoms with E-state index >= 15 is 19.2 Å². The van der Waals surface area contributed by atoms with Crippen LogP contribution in [0.1, 0.15) is 165 Å². The third kappa shape index (κ3) is 23.7. The number of β-amino-alcohol motifs (C(OH)–C–C–N with tert-alkyl or cyclic N) is 1. The van der Waals surface area contributed by atoms with Crippen molar-refractivity contribution in [1.82, 2.24) is 65.4 Å². The standard InChI is InChI=1S/C78H127N13O14/c1-24-58-74(101)83(17)44-63(93)84(18)59(40-45(2)3)70(97)82-64(49(10)11)77(104)85(19)60(41-46(4)5)69(96)79-52(15)68(95)80-53(16)72(99)86(20)61(42-47(6)7)75(102)87(21)62(43-48(8)9)76(103)88(22)65(50(12)13)78(105)89(23)66(71(98)81-58)67(94)51(14)28-27-29-54-32-33-57(56-31-26-25-30-55(54)56)73(100)91-36-34-90(35-37-91)38-39-92/h25-27,29-33,45-53,58-62,64-67,92,94H,24,28,34-44H2,1-23H3,(H,79,96)(H,80,95)(H,81,98)(H,82,97)/t51-,52+,53-,58+,59+,60+,61+,62+,64+,65+,66+,67-/m1/s1. The highest BCUT2D eigenvalue weighted by atomic mass is 16.3. The van der Waals surface area contributed by atoms with Gasteiger partial charge in [-0.1, -0.05) is 139 Å². The van der Waals surface area contributed by atoms with Crippen molar-refractivity contribution in [3.63, 3.8) is 0 Å². The number of rotatable bonds is 19. The van der Waals surface area contributed by atoms with E-state index in [1.807, 2.05) is 103 Å². The molecule has 2 heterocycles. The Morgan fingerprint density at radius 1 is 0.505 bits per heavy atom. The summed E-state index contributed by atoms with van der Waals surface area (Å²) in [6.45, 7) is 30.3. The van der Waals surface area contributed by atoms with Gasteiger partial charge in [0.05, 0.1) is 19.3 Å². The number of aliphatic hydroxyl groups is 2. The van der Waals surface area contributed by atoms with Gasteiger partial charge < -0.3 is 70.7 Å². The summed E-state index contributed by atoms with van der Waals surface area (Å²) >= 11 is 0. The molecule has 2 aliphatic heterocycles. The van der Waals surface area contributed by atoms with Crippen LogP contribution in [-0.4, -0.2) is 287 Å². The van der Waals surface area contributed by atoms with Crippen LogP contribution in [0.4, 0.5) is 0 Å². The van der Waals surface area contributed by atoms with Gasteiger partial charge >= 0.3 is 0 Å². The minimum Gasteiger partial charge on any atom is -0.395 e. The third-order valence-corrected chi connectivity index (χ3v) is 20.4. The van der Waals surface area contributed by atoms with Gasteiger partial charge in [0.1, 0.15) is 60.4 Å². The molecule has 0 aromatic heterocycles. The number of nitrogens with zero attached hydrogens (tertiary/aromatic N) is 9. The molecule has 6 N–H and O–H groups in total. The van der Waals surface area contributed by atoms with E-state index in [2.05, 4.69) is 26.2 Å². The van der Waals surface area contributed by atoms with Gasteiger partial charge in [0.2, 0.25) is 65.0 Å². The number of piperazine rings is 1. The molecule has 0 unspecified atom stereocenters. The zero-order valence-corrected chi connectivity index (χ0v) is 67.0. The summed E-state index contributed by atoms with van der Waals surface area (Å²) in [5, 5.41) is 34.8. The Kier molecular flexibility index (Phi) is 34.6. The van der Waals surface area contributed by atoms with E-state index in [0.717, 1.165) is 26.1 Å². The molecule has 4 rings (SSSR count). The molecule has 12 amide bonds. The molecule has 105 heavy (non-hydrogen) atoms. The fourth-order valence-corrected chi connectivity index (χ4v) is 13.9. The molecule has 12 atom stereocenters. The van der Waals surface area contributed by atoms with Crippen molar-refractivity contribution in [2.24, 2.45) is 41.4 Å². The van der Waals surface area contributed by atoms with Crippen LogP contribution in [0.25, 0.3) is 16.8 Å². The molecule has 27 heteroatoms. The van der Waals surface area contributed by atoms with Gasteiger partial charge in [-0.05, 0) is 116 Å². The molecule has 2 aliphatic rings. The minimum absolute atomic E-state index is 0.0289. The van der Waals surface area contributed by atoms with Crippen molar-refractivity contribution >= 4 is 87.7 Å². The highest BCUT2D eigenvalue weighted by Gasteiger charge is 2.46. The van der Waals surface area contributed by atoms with E-state index in [0.29, 0.717) is 38.3 Å². The SMILES string of the molecule is CC[C@@H]1NC(=O)[C@H]([C@H](O)[C@H](C)CC=Cc2ccc(C(=O)N3CCN(CCO)CC3)c3ccccc23)N(C)C(=O)[C@H](C(C)C)N(C)C(=O)[C@H](CC(C)C)N(C)C(=O)[C@H](CC(C)C)N(C)C(=O)[C@@H](C)NC(=O)[C@H](C)NC(=O)[C@H](CC(C)C)N(C)C(=O)[C@H](C(C)C)NC(=O)[C@H](CC(C)C)N(C)C(=O)CN(C)C1=O. The Morgan fingerprint density at radius 2 is 0.981 bits per heavy atom. The van der Waals surface area contributed by atoms with Gasteiger partial charge in [0.25, 0.3) is 5.91 Å². The molecule has 2 aromatic rings. The topological polar surface area (TPSA) is 323 Å². The number of carbonyl (C=O) groups is 12. The van der Waals surface area contributed by atoms with E-state index in [-0.39, 0.29) is 74.7 Å². The number of likely N-dealkylation sites (N-methyl/N-ethyl adjacent to an activating group) is 7. The molecule has 0 radical (unpaired) electrons. The van der Waals surface area contributed by atoms with Crippen LogP contribution < -0.4 is 21.3 Å². The molecule has 27 nitrogen and oxygen atoms in total. The summed E-state index contributed by atoms with van der Waals surface area (Å²) in [6.07, 6.45) is 2.66. The first-order valence-electron chi connectivity index (χ1n) is 37.6. The van der Waals surface area contributed by atoms with Gasteiger partial charge in [0, 0.05) is 87.6 Å². The second kappa shape index (κ2) is 40.6. The number of nitrogens with one attached hydrogen (secondary N) is 4. The quantitative estimate of drug-likeness (QED) is 0.114. The molecule has 0 spiro atoms. The maximum atomic E-state index is 15.6. The maximum Gasteiger partial charge on any atom is 0.254 e. The molecule has 0 saturated carbocycles. The molecule has 2 aromatic carbocycles. The van der Waals surface area contributed by atoms with E-state index < -0.39 is 156 Å². The molecule has 588 valence electrons. The first-order valence-corrected chi connectivity index (χ1v) is 37.6. The lowest BCUT2D eigenvalue weighted by Gasteiger charge is -2.41. The zero-order chi connectivity index (χ0) is 79.5. The molecule has 0 bridgehead atoms. The normalized spacial score (nSPS) is 25.1. The van der Waals surface area contributed by atoms with Gasteiger partial charge in [-0.3, -0.25) is 62.4 Å². The second-order valence-corrected chi connectivity index (χ2v) is 31.5. The number of carbonyl (C=O) groups excluding carboxylic acids is 12. The Labute approximate surface area is 624 Å². The summed E-state index contributed by atoms with van der Waals surface area (Å²) in [6, 6.07) is -1.66. The van der Waals surface area contributed by atoms with Gasteiger partial charge in [0.15, 0.2) is 0 Å². The predicted molar refractivity (Wildman–Crippen MR) is 406 cm³/mol. The minimum atomic E-state index is -1.73. The van der Waals surface area contributed by atoms with E-state index in [1.165, 1.54) is 87.7 Å². The third-order valence-electron chi connectivity index (χ3n) is 20.4. The molecule has 2 saturated heterocycles. The number of benzene rings is 2. The van der Waals surface area contributed by atoms with Crippen LogP contribution in [0.2, 0.25) is 0 Å². The number of amides is 12. The lowest BCUT2D eigenvalue weighted by Crippen LogP contribution is -2.63. The van der Waals surface area contributed by atoms with Crippen LogP contribution >= 0.6 is 0 Å². The number of fused-ring (bicyclic) bond motifs is 1. The van der Waals surface area contributed by atoms with Crippen LogP contribution in [-0.2, 0) is 52.7 Å². The first-order chi connectivity index (χ1) is 49.0. The van der Waals surface area contributed by atoms with Crippen LogP contribution in [0.5, 0.6) is 0 Å². The lowest BCUT2D eigenvalue weighted by molar-refractivity contribution is -0.157. The van der Waals surface area contributed by atoms with Crippen molar-refractivity contribution in [3.05, 3.63) is 53.6 Å². The number of hydrogen-bond donors (Lipinski definition) is 6. The summed E-state index contributed by atoms with van der Waals surface area (Å²) in [5.41, 5.74) is 1.30. The Hall–Kier alpha value is -8.04.